The van der Waals surface area contributed by atoms with E-state index in [-0.39, 0.29) is 16.7 Å². The Morgan fingerprint density at radius 3 is 2.67 bits per heavy atom. The van der Waals surface area contributed by atoms with Crippen LogP contribution in [0.3, 0.4) is 0 Å². The molecule has 0 bridgehead atoms. The third kappa shape index (κ3) is 2.29. The van der Waals surface area contributed by atoms with Gasteiger partial charge in [0.2, 0.25) is 5.56 Å². The number of nitrogens with one attached hydrogen (secondary N) is 1. The van der Waals surface area contributed by atoms with Crippen LogP contribution in [0.15, 0.2) is 41.2 Å². The predicted octanol–water partition coefficient (Wildman–Crippen LogP) is 1.97. The number of carbonyl (C=O) groups excluding carboxylic acids is 1. The van der Waals surface area contributed by atoms with Gasteiger partial charge in [-0.15, -0.1) is 0 Å². The van der Waals surface area contributed by atoms with Crippen LogP contribution in [-0.4, -0.2) is 18.1 Å². The average molecular weight is 247 g/mol. The maximum absolute atomic E-state index is 13.8. The quantitative estimate of drug-likeness (QED) is 0.825. The molecule has 2 rings (SSSR count). The molecule has 0 aliphatic carbocycles. The van der Waals surface area contributed by atoms with Gasteiger partial charge in [0.1, 0.15) is 5.82 Å². The molecule has 0 fully saturated rings. The molecule has 1 N–H and O–H groups in total. The van der Waals surface area contributed by atoms with Crippen molar-refractivity contribution in [3.63, 3.8) is 0 Å². The summed E-state index contributed by atoms with van der Waals surface area (Å²) in [4.78, 5) is 24.9. The first-order valence-corrected chi connectivity index (χ1v) is 5.19. The highest BCUT2D eigenvalue weighted by Gasteiger charge is 2.11. The van der Waals surface area contributed by atoms with Gasteiger partial charge in [-0.05, 0) is 24.3 Å². The van der Waals surface area contributed by atoms with Crippen LogP contribution in [0.2, 0.25) is 0 Å². The maximum Gasteiger partial charge on any atom is 0.337 e. The van der Waals surface area contributed by atoms with Crippen LogP contribution >= 0.6 is 0 Å². The van der Waals surface area contributed by atoms with Crippen molar-refractivity contribution in [3.05, 3.63) is 58.1 Å². The van der Waals surface area contributed by atoms with Crippen molar-refractivity contribution in [2.75, 3.05) is 7.11 Å². The molecule has 0 unspecified atom stereocenters. The summed E-state index contributed by atoms with van der Waals surface area (Å²) in [7, 11) is 1.23. The molecule has 92 valence electrons. The molecule has 0 amide bonds. The van der Waals surface area contributed by atoms with Gasteiger partial charge in [0.05, 0.1) is 18.4 Å². The second-order valence-electron chi connectivity index (χ2n) is 3.61. The van der Waals surface area contributed by atoms with E-state index in [0.717, 1.165) is 6.07 Å². The van der Waals surface area contributed by atoms with Crippen LogP contribution < -0.4 is 5.56 Å². The van der Waals surface area contributed by atoms with Gasteiger partial charge < -0.3 is 9.72 Å². The number of ether oxygens (including phenoxy) is 1. The van der Waals surface area contributed by atoms with E-state index in [1.165, 1.54) is 31.4 Å². The second-order valence-corrected chi connectivity index (χ2v) is 3.61. The minimum absolute atomic E-state index is 0.122. The van der Waals surface area contributed by atoms with E-state index in [4.69, 9.17) is 0 Å². The van der Waals surface area contributed by atoms with Crippen LogP contribution in [0, 0.1) is 5.82 Å². The Balaban J connectivity index is 2.48. The molecule has 0 aliphatic heterocycles. The number of aromatic amines is 1. The molecule has 0 spiro atoms. The summed E-state index contributed by atoms with van der Waals surface area (Å²) in [6.07, 6.45) is 0. The van der Waals surface area contributed by atoms with Crippen LogP contribution in [0.4, 0.5) is 4.39 Å². The monoisotopic (exact) mass is 247 g/mol. The maximum atomic E-state index is 13.8. The van der Waals surface area contributed by atoms with Crippen LogP contribution in [0.5, 0.6) is 0 Å². The molecular formula is C13H10FNO3. The Bertz CT molecular complexity index is 649. The van der Waals surface area contributed by atoms with E-state index in [1.807, 2.05) is 0 Å². The normalized spacial score (nSPS) is 10.1. The summed E-state index contributed by atoms with van der Waals surface area (Å²) < 4.78 is 18.3. The number of methoxy groups -OCH3 is 1. The number of benzene rings is 1. The summed E-state index contributed by atoms with van der Waals surface area (Å²) in [5.41, 5.74) is 0.387. The molecule has 1 aromatic heterocycles. The topological polar surface area (TPSA) is 59.2 Å². The van der Waals surface area contributed by atoms with Gasteiger partial charge in [0.25, 0.3) is 0 Å². The van der Waals surface area contributed by atoms with Crippen molar-refractivity contribution in [3.8, 4) is 11.3 Å². The molecule has 0 aliphatic rings. The number of aromatic nitrogens is 1. The Hall–Kier alpha value is -2.43. The van der Waals surface area contributed by atoms with Crippen molar-refractivity contribution >= 4 is 5.97 Å². The zero-order valence-electron chi connectivity index (χ0n) is 9.57. The van der Waals surface area contributed by atoms with Crippen molar-refractivity contribution in [1.29, 1.82) is 0 Å². The number of esters is 1. The van der Waals surface area contributed by atoms with Crippen LogP contribution in [0.25, 0.3) is 11.3 Å². The van der Waals surface area contributed by atoms with Gasteiger partial charge >= 0.3 is 5.97 Å². The van der Waals surface area contributed by atoms with Crippen LogP contribution in [-0.2, 0) is 4.74 Å². The van der Waals surface area contributed by atoms with E-state index in [1.54, 1.807) is 6.07 Å². The standard InChI is InChI=1S/C13H10FNO3/c1-18-13(17)8-5-6-9(10(14)7-8)11-3-2-4-12(16)15-11/h2-7H,1H3,(H,15,16). The number of rotatable bonds is 2. The lowest BCUT2D eigenvalue weighted by molar-refractivity contribution is 0.0600. The van der Waals surface area contributed by atoms with E-state index >= 15 is 0 Å². The molecule has 5 heteroatoms. The third-order valence-electron chi connectivity index (χ3n) is 2.45. The van der Waals surface area contributed by atoms with Gasteiger partial charge in [-0.1, -0.05) is 6.07 Å². The van der Waals surface area contributed by atoms with Crippen molar-refractivity contribution in [1.82, 2.24) is 4.98 Å². The lowest BCUT2D eigenvalue weighted by atomic mass is 10.1. The van der Waals surface area contributed by atoms with Crippen molar-refractivity contribution < 1.29 is 13.9 Å². The third-order valence-corrected chi connectivity index (χ3v) is 2.45. The highest BCUT2D eigenvalue weighted by Crippen LogP contribution is 2.21. The number of hydrogen-bond donors (Lipinski definition) is 1. The van der Waals surface area contributed by atoms with Crippen molar-refractivity contribution in [2.24, 2.45) is 0 Å². The highest BCUT2D eigenvalue weighted by atomic mass is 19.1. The fourth-order valence-corrected chi connectivity index (χ4v) is 1.58. The zero-order valence-corrected chi connectivity index (χ0v) is 9.57. The summed E-state index contributed by atoms with van der Waals surface area (Å²) in [6.45, 7) is 0. The molecule has 0 atom stereocenters. The van der Waals surface area contributed by atoms with E-state index in [9.17, 15) is 14.0 Å². The summed E-state index contributed by atoms with van der Waals surface area (Å²) in [5, 5.41) is 0. The highest BCUT2D eigenvalue weighted by molar-refractivity contribution is 5.89. The van der Waals surface area contributed by atoms with E-state index in [2.05, 4.69) is 9.72 Å². The Morgan fingerprint density at radius 1 is 1.28 bits per heavy atom. The minimum Gasteiger partial charge on any atom is -0.465 e. The number of halogens is 1. The van der Waals surface area contributed by atoms with Gasteiger partial charge in [-0.2, -0.15) is 0 Å². The molecule has 0 radical (unpaired) electrons. The van der Waals surface area contributed by atoms with Gasteiger partial charge in [0.15, 0.2) is 0 Å². The summed E-state index contributed by atoms with van der Waals surface area (Å²) >= 11 is 0. The summed E-state index contributed by atoms with van der Waals surface area (Å²) in [5.74, 6) is -1.21. The summed E-state index contributed by atoms with van der Waals surface area (Å²) in [6, 6.07) is 8.39. The van der Waals surface area contributed by atoms with Gasteiger partial charge in [0, 0.05) is 11.6 Å². The molecule has 1 heterocycles. The molecule has 4 nitrogen and oxygen atoms in total. The van der Waals surface area contributed by atoms with Crippen molar-refractivity contribution in [2.45, 2.75) is 0 Å². The Labute approximate surface area is 102 Å². The predicted molar refractivity (Wildman–Crippen MR) is 63.8 cm³/mol. The number of carbonyl (C=O) groups is 1. The zero-order chi connectivity index (χ0) is 13.1. The van der Waals surface area contributed by atoms with Gasteiger partial charge in [-0.3, -0.25) is 4.79 Å². The Kier molecular flexibility index (Phi) is 3.23. The number of hydrogen-bond acceptors (Lipinski definition) is 3. The SMILES string of the molecule is COC(=O)c1ccc(-c2cccc(=O)[nH]2)c(F)c1. The molecule has 2 aromatic rings. The average Bonchev–Trinajstić information content (AvgIpc) is 2.37. The van der Waals surface area contributed by atoms with E-state index in [0.29, 0.717) is 5.69 Å². The largest absolute Gasteiger partial charge is 0.465 e. The number of pyridine rings is 1. The van der Waals surface area contributed by atoms with E-state index < -0.39 is 11.8 Å². The molecule has 18 heavy (non-hydrogen) atoms. The lowest BCUT2D eigenvalue weighted by Gasteiger charge is -2.05. The second kappa shape index (κ2) is 4.83. The fourth-order valence-electron chi connectivity index (χ4n) is 1.58. The van der Waals surface area contributed by atoms with Crippen LogP contribution in [0.1, 0.15) is 10.4 Å². The fraction of sp³-hybridized carbons (Fsp3) is 0.0769. The number of H-pyrrole nitrogens is 1. The smallest absolute Gasteiger partial charge is 0.337 e. The molecule has 0 saturated carbocycles. The molecule has 0 saturated heterocycles. The lowest BCUT2D eigenvalue weighted by Crippen LogP contribution is -2.05. The Morgan fingerprint density at radius 2 is 2.06 bits per heavy atom. The molecular weight excluding hydrogens is 237 g/mol. The first-order chi connectivity index (χ1) is 8.61. The first kappa shape index (κ1) is 12.0. The minimum atomic E-state index is -0.609. The first-order valence-electron chi connectivity index (χ1n) is 5.19. The molecule has 1 aromatic carbocycles. The van der Waals surface area contributed by atoms with Gasteiger partial charge in [-0.25, -0.2) is 9.18 Å².